The van der Waals surface area contributed by atoms with E-state index < -0.39 is 0 Å². The molecule has 0 bridgehead atoms. The van der Waals surface area contributed by atoms with Crippen molar-refractivity contribution < 1.29 is 0 Å². The minimum absolute atomic E-state index is 0.742. The lowest BCUT2D eigenvalue weighted by molar-refractivity contribution is 0.146. The monoisotopic (exact) mass is 241 g/mol. The molecule has 0 aromatic rings. The van der Waals surface area contributed by atoms with Crippen molar-refractivity contribution in [2.45, 2.75) is 46.1 Å². The van der Waals surface area contributed by atoms with E-state index in [1.54, 1.807) is 0 Å². The Morgan fingerprint density at radius 1 is 1.00 bits per heavy atom. The molecule has 3 nitrogen and oxygen atoms in total. The number of nitrogens with two attached hydrogens (primary N) is 1. The SMILES string of the molecule is CCN(CC)CCN(CC)C1CCCC1CN. The van der Waals surface area contributed by atoms with Crippen molar-refractivity contribution in [1.82, 2.24) is 9.80 Å². The molecular formula is C14H31N3. The van der Waals surface area contributed by atoms with Crippen LogP contribution in [-0.2, 0) is 0 Å². The molecule has 1 aliphatic rings. The molecule has 102 valence electrons. The topological polar surface area (TPSA) is 32.5 Å². The van der Waals surface area contributed by atoms with Gasteiger partial charge in [0.25, 0.3) is 0 Å². The zero-order valence-electron chi connectivity index (χ0n) is 12.0. The minimum atomic E-state index is 0.742. The number of hydrogen-bond acceptors (Lipinski definition) is 3. The highest BCUT2D eigenvalue weighted by molar-refractivity contribution is 4.85. The molecule has 1 aliphatic carbocycles. The summed E-state index contributed by atoms with van der Waals surface area (Å²) in [4.78, 5) is 5.16. The lowest BCUT2D eigenvalue weighted by Crippen LogP contribution is -2.44. The number of nitrogens with zero attached hydrogens (tertiary/aromatic N) is 2. The summed E-state index contributed by atoms with van der Waals surface area (Å²) in [6.07, 6.45) is 4.06. The fourth-order valence-electron chi connectivity index (χ4n) is 3.14. The van der Waals surface area contributed by atoms with Crippen molar-refractivity contribution in [2.24, 2.45) is 11.7 Å². The van der Waals surface area contributed by atoms with Gasteiger partial charge in [-0.3, -0.25) is 4.90 Å². The van der Waals surface area contributed by atoms with Crippen molar-refractivity contribution in [3.63, 3.8) is 0 Å². The van der Waals surface area contributed by atoms with Crippen LogP contribution in [0.5, 0.6) is 0 Å². The zero-order valence-corrected chi connectivity index (χ0v) is 12.0. The Bertz CT molecular complexity index is 192. The zero-order chi connectivity index (χ0) is 12.7. The second kappa shape index (κ2) is 8.06. The van der Waals surface area contributed by atoms with Crippen molar-refractivity contribution >= 4 is 0 Å². The number of likely N-dealkylation sites (N-methyl/N-ethyl adjacent to an activating group) is 2. The Morgan fingerprint density at radius 3 is 2.24 bits per heavy atom. The fraction of sp³-hybridized carbons (Fsp3) is 1.00. The largest absolute Gasteiger partial charge is 0.330 e. The van der Waals surface area contributed by atoms with Crippen LogP contribution in [-0.4, -0.2) is 55.1 Å². The van der Waals surface area contributed by atoms with Crippen molar-refractivity contribution in [3.8, 4) is 0 Å². The summed E-state index contributed by atoms with van der Waals surface area (Å²) in [5.41, 5.74) is 5.89. The van der Waals surface area contributed by atoms with Gasteiger partial charge in [-0.25, -0.2) is 0 Å². The molecule has 1 saturated carbocycles. The molecule has 0 aromatic carbocycles. The predicted molar refractivity (Wildman–Crippen MR) is 75.2 cm³/mol. The highest BCUT2D eigenvalue weighted by Crippen LogP contribution is 2.28. The van der Waals surface area contributed by atoms with E-state index in [-0.39, 0.29) is 0 Å². The summed E-state index contributed by atoms with van der Waals surface area (Å²) in [6, 6.07) is 0.751. The summed E-state index contributed by atoms with van der Waals surface area (Å²) >= 11 is 0. The molecular weight excluding hydrogens is 210 g/mol. The van der Waals surface area contributed by atoms with Gasteiger partial charge in [-0.05, 0) is 44.9 Å². The first kappa shape index (κ1) is 14.9. The minimum Gasteiger partial charge on any atom is -0.330 e. The summed E-state index contributed by atoms with van der Waals surface area (Å²) < 4.78 is 0. The van der Waals surface area contributed by atoms with Gasteiger partial charge in [0.15, 0.2) is 0 Å². The molecule has 1 rings (SSSR count). The second-order valence-electron chi connectivity index (χ2n) is 5.15. The van der Waals surface area contributed by atoms with Crippen molar-refractivity contribution in [3.05, 3.63) is 0 Å². The van der Waals surface area contributed by atoms with Crippen LogP contribution < -0.4 is 5.73 Å². The first-order valence-electron chi connectivity index (χ1n) is 7.43. The molecule has 0 heterocycles. The maximum absolute atomic E-state index is 5.89. The van der Waals surface area contributed by atoms with E-state index in [1.807, 2.05) is 0 Å². The molecule has 0 radical (unpaired) electrons. The third-order valence-corrected chi connectivity index (χ3v) is 4.39. The van der Waals surface area contributed by atoms with E-state index in [4.69, 9.17) is 5.73 Å². The van der Waals surface area contributed by atoms with Crippen LogP contribution in [0, 0.1) is 5.92 Å². The first-order chi connectivity index (χ1) is 8.26. The first-order valence-corrected chi connectivity index (χ1v) is 7.43. The van der Waals surface area contributed by atoms with Gasteiger partial charge in [0.1, 0.15) is 0 Å². The van der Waals surface area contributed by atoms with E-state index in [0.29, 0.717) is 0 Å². The maximum atomic E-state index is 5.89. The molecule has 2 unspecified atom stereocenters. The quantitative estimate of drug-likeness (QED) is 0.703. The molecule has 0 amide bonds. The fourth-order valence-corrected chi connectivity index (χ4v) is 3.14. The summed E-state index contributed by atoms with van der Waals surface area (Å²) in [5.74, 6) is 0.742. The van der Waals surface area contributed by atoms with Crippen LogP contribution in [0.15, 0.2) is 0 Å². The van der Waals surface area contributed by atoms with E-state index in [9.17, 15) is 0 Å². The van der Waals surface area contributed by atoms with E-state index in [0.717, 1.165) is 18.5 Å². The van der Waals surface area contributed by atoms with Gasteiger partial charge >= 0.3 is 0 Å². The van der Waals surface area contributed by atoms with E-state index in [1.165, 1.54) is 52.0 Å². The Labute approximate surface area is 107 Å². The molecule has 2 atom stereocenters. The van der Waals surface area contributed by atoms with Crippen molar-refractivity contribution in [1.29, 1.82) is 0 Å². The second-order valence-corrected chi connectivity index (χ2v) is 5.15. The van der Waals surface area contributed by atoms with Crippen LogP contribution in [0.2, 0.25) is 0 Å². The van der Waals surface area contributed by atoms with Gasteiger partial charge in [0.2, 0.25) is 0 Å². The summed E-state index contributed by atoms with van der Waals surface area (Å²) in [5, 5.41) is 0. The van der Waals surface area contributed by atoms with Gasteiger partial charge < -0.3 is 10.6 Å². The number of rotatable bonds is 8. The van der Waals surface area contributed by atoms with Crippen LogP contribution in [0.4, 0.5) is 0 Å². The Kier molecular flexibility index (Phi) is 7.09. The van der Waals surface area contributed by atoms with Crippen molar-refractivity contribution in [2.75, 3.05) is 39.3 Å². The van der Waals surface area contributed by atoms with E-state index in [2.05, 4.69) is 30.6 Å². The predicted octanol–water partition coefficient (Wildman–Crippen LogP) is 1.78. The maximum Gasteiger partial charge on any atom is 0.0136 e. The molecule has 2 N–H and O–H groups in total. The van der Waals surface area contributed by atoms with Crippen LogP contribution >= 0.6 is 0 Å². The number of hydrogen-bond donors (Lipinski definition) is 1. The third kappa shape index (κ3) is 4.23. The highest BCUT2D eigenvalue weighted by atomic mass is 15.2. The van der Waals surface area contributed by atoms with Crippen LogP contribution in [0.3, 0.4) is 0 Å². The van der Waals surface area contributed by atoms with Gasteiger partial charge in [0, 0.05) is 19.1 Å². The Morgan fingerprint density at radius 2 is 1.71 bits per heavy atom. The average Bonchev–Trinajstić information content (AvgIpc) is 2.83. The molecule has 0 aromatic heterocycles. The van der Waals surface area contributed by atoms with Gasteiger partial charge in [-0.15, -0.1) is 0 Å². The summed E-state index contributed by atoms with van der Waals surface area (Å²) in [6.45, 7) is 13.6. The molecule has 0 spiro atoms. The lowest BCUT2D eigenvalue weighted by Gasteiger charge is -2.33. The third-order valence-electron chi connectivity index (χ3n) is 4.39. The standard InChI is InChI=1S/C14H31N3/c1-4-16(5-2)10-11-17(6-3)14-9-7-8-13(14)12-15/h13-14H,4-12,15H2,1-3H3. The average molecular weight is 241 g/mol. The molecule has 0 saturated heterocycles. The van der Waals surface area contributed by atoms with Crippen LogP contribution in [0.1, 0.15) is 40.0 Å². The van der Waals surface area contributed by atoms with Gasteiger partial charge in [-0.2, -0.15) is 0 Å². The normalized spacial score (nSPS) is 25.1. The Hall–Kier alpha value is -0.120. The van der Waals surface area contributed by atoms with Gasteiger partial charge in [-0.1, -0.05) is 27.2 Å². The van der Waals surface area contributed by atoms with E-state index >= 15 is 0 Å². The summed E-state index contributed by atoms with van der Waals surface area (Å²) in [7, 11) is 0. The molecule has 1 fully saturated rings. The highest BCUT2D eigenvalue weighted by Gasteiger charge is 2.30. The molecule has 17 heavy (non-hydrogen) atoms. The van der Waals surface area contributed by atoms with Gasteiger partial charge in [0.05, 0.1) is 0 Å². The molecule has 0 aliphatic heterocycles. The molecule has 3 heteroatoms. The van der Waals surface area contributed by atoms with Crippen LogP contribution in [0.25, 0.3) is 0 Å². The Balaban J connectivity index is 2.41. The lowest BCUT2D eigenvalue weighted by atomic mass is 10.0. The smallest absolute Gasteiger partial charge is 0.0136 e.